The zero-order valence-corrected chi connectivity index (χ0v) is 19.1. The summed E-state index contributed by atoms with van der Waals surface area (Å²) in [6.45, 7) is 1.92. The number of hydrogen-bond donors (Lipinski definition) is 3. The van der Waals surface area contributed by atoms with Gasteiger partial charge in [-0.25, -0.2) is 0 Å². The molecule has 0 unspecified atom stereocenters. The van der Waals surface area contributed by atoms with Crippen molar-refractivity contribution >= 4 is 46.0 Å². The minimum Gasteiger partial charge on any atom is -0.507 e. The van der Waals surface area contributed by atoms with Gasteiger partial charge in [-0.3, -0.25) is 25.2 Å². The van der Waals surface area contributed by atoms with E-state index in [0.29, 0.717) is 22.6 Å². The van der Waals surface area contributed by atoms with Gasteiger partial charge in [-0.15, -0.1) is 0 Å². The molecule has 0 radical (unpaired) electrons. The molecule has 4 rings (SSSR count). The highest BCUT2D eigenvalue weighted by molar-refractivity contribution is 5.89. The predicted molar refractivity (Wildman–Crippen MR) is 139 cm³/mol. The Morgan fingerprint density at radius 2 is 1.39 bits per heavy atom. The van der Waals surface area contributed by atoms with Crippen molar-refractivity contribution in [2.24, 2.45) is 4.99 Å². The van der Waals surface area contributed by atoms with Crippen LogP contribution in [0, 0.1) is 27.2 Å². The number of nitro groups is 2. The minimum absolute atomic E-state index is 0.0467. The largest absolute Gasteiger partial charge is 0.507 e. The number of phenols is 1. The van der Waals surface area contributed by atoms with Crippen LogP contribution in [0.3, 0.4) is 0 Å². The van der Waals surface area contributed by atoms with Gasteiger partial charge in [0.05, 0.1) is 27.3 Å². The van der Waals surface area contributed by atoms with Crippen molar-refractivity contribution in [2.75, 3.05) is 10.6 Å². The van der Waals surface area contributed by atoms with Crippen molar-refractivity contribution in [1.82, 2.24) is 0 Å². The normalized spacial score (nSPS) is 10.8. The quantitative estimate of drug-likeness (QED) is 0.143. The van der Waals surface area contributed by atoms with E-state index < -0.39 is 21.2 Å². The Balaban J connectivity index is 1.74. The number of aryl methyl sites for hydroxylation is 1. The molecule has 0 saturated heterocycles. The molecule has 0 aromatic heterocycles. The molecule has 0 saturated carbocycles. The van der Waals surface area contributed by atoms with E-state index in [0.717, 1.165) is 11.6 Å². The molecule has 0 spiro atoms. The number of benzene rings is 4. The second kappa shape index (κ2) is 10.3. The summed E-state index contributed by atoms with van der Waals surface area (Å²) < 4.78 is 0. The molecule has 0 aliphatic rings. The zero-order valence-electron chi connectivity index (χ0n) is 19.1. The monoisotopic (exact) mass is 483 g/mol. The fourth-order valence-electron chi connectivity index (χ4n) is 3.44. The Morgan fingerprint density at radius 1 is 0.778 bits per heavy atom. The van der Waals surface area contributed by atoms with E-state index in [1.54, 1.807) is 54.6 Å². The summed E-state index contributed by atoms with van der Waals surface area (Å²) in [6, 6.07) is 23.0. The van der Waals surface area contributed by atoms with Crippen LogP contribution < -0.4 is 10.6 Å². The van der Waals surface area contributed by atoms with Crippen molar-refractivity contribution in [3.05, 3.63) is 116 Å². The van der Waals surface area contributed by atoms with Gasteiger partial charge in [0.1, 0.15) is 17.1 Å². The number of anilines is 4. The van der Waals surface area contributed by atoms with Crippen LogP contribution in [0.25, 0.3) is 0 Å². The molecule has 10 heteroatoms. The first-order chi connectivity index (χ1) is 17.3. The van der Waals surface area contributed by atoms with Crippen molar-refractivity contribution in [3.8, 4) is 5.75 Å². The molecular weight excluding hydrogens is 462 g/mol. The molecule has 180 valence electrons. The number of nitro benzene ring substituents is 2. The highest BCUT2D eigenvalue weighted by Gasteiger charge is 2.25. The van der Waals surface area contributed by atoms with Gasteiger partial charge in [0, 0.05) is 17.5 Å². The molecule has 36 heavy (non-hydrogen) atoms. The lowest BCUT2D eigenvalue weighted by molar-refractivity contribution is -0.393. The van der Waals surface area contributed by atoms with E-state index in [1.807, 2.05) is 19.1 Å². The van der Waals surface area contributed by atoms with Gasteiger partial charge in [-0.05, 0) is 49.4 Å². The fourth-order valence-corrected chi connectivity index (χ4v) is 3.44. The van der Waals surface area contributed by atoms with Gasteiger partial charge < -0.3 is 15.7 Å². The molecule has 0 bridgehead atoms. The van der Waals surface area contributed by atoms with Crippen LogP contribution in [0.5, 0.6) is 5.75 Å². The van der Waals surface area contributed by atoms with Crippen molar-refractivity contribution in [2.45, 2.75) is 6.92 Å². The number of nitrogens with zero attached hydrogens (tertiary/aromatic N) is 3. The van der Waals surface area contributed by atoms with E-state index in [9.17, 15) is 25.3 Å². The predicted octanol–water partition coefficient (Wildman–Crippen LogP) is 6.75. The van der Waals surface area contributed by atoms with E-state index in [-0.39, 0.29) is 17.1 Å². The molecule has 3 N–H and O–H groups in total. The van der Waals surface area contributed by atoms with Crippen LogP contribution in [-0.2, 0) is 0 Å². The number of aliphatic imine (C=N–C) groups is 1. The van der Waals surface area contributed by atoms with Crippen LogP contribution in [0.4, 0.5) is 39.8 Å². The summed E-state index contributed by atoms with van der Waals surface area (Å²) in [5.74, 6) is 0.0597. The maximum atomic E-state index is 11.8. The molecule has 0 aliphatic carbocycles. The SMILES string of the molecule is Cc1ccc(Nc2cc(Nc3ccccc3N=Cc3ccccc3O)c([N+](=O)[O-])cc2[N+](=O)[O-])cc1. The topological polar surface area (TPSA) is 143 Å². The molecular formula is C26H21N5O5. The van der Waals surface area contributed by atoms with Gasteiger partial charge in [-0.2, -0.15) is 0 Å². The first-order valence-electron chi connectivity index (χ1n) is 10.8. The molecule has 0 atom stereocenters. The van der Waals surface area contributed by atoms with E-state index in [4.69, 9.17) is 0 Å². The lowest BCUT2D eigenvalue weighted by atomic mass is 10.1. The Kier molecular flexibility index (Phi) is 6.87. The number of aromatic hydroxyl groups is 1. The van der Waals surface area contributed by atoms with E-state index in [1.165, 1.54) is 18.3 Å². The zero-order chi connectivity index (χ0) is 25.7. The standard InChI is InChI=1S/C26H21N5O5/c1-17-10-12-19(13-11-17)28-22-14-23(25(31(35)36)15-24(22)30(33)34)29-21-8-4-3-7-20(21)27-16-18-6-2-5-9-26(18)32/h2-16,28-29,32H,1H3. The van der Waals surface area contributed by atoms with Crippen LogP contribution in [-0.4, -0.2) is 21.2 Å². The number of phenolic OH excluding ortho intramolecular Hbond substituents is 1. The Hall–Kier alpha value is -5.25. The highest BCUT2D eigenvalue weighted by atomic mass is 16.6. The lowest BCUT2D eigenvalue weighted by Gasteiger charge is -2.13. The van der Waals surface area contributed by atoms with Crippen molar-refractivity contribution in [3.63, 3.8) is 0 Å². The summed E-state index contributed by atoms with van der Waals surface area (Å²) in [4.78, 5) is 26.5. The smallest absolute Gasteiger partial charge is 0.299 e. The second-order valence-corrected chi connectivity index (χ2v) is 7.85. The fraction of sp³-hybridized carbons (Fsp3) is 0.0385. The third kappa shape index (κ3) is 5.45. The highest BCUT2D eigenvalue weighted by Crippen LogP contribution is 2.40. The van der Waals surface area contributed by atoms with Crippen LogP contribution in [0.2, 0.25) is 0 Å². The second-order valence-electron chi connectivity index (χ2n) is 7.85. The Morgan fingerprint density at radius 3 is 2.06 bits per heavy atom. The van der Waals surface area contributed by atoms with Gasteiger partial charge in [-0.1, -0.05) is 42.0 Å². The Labute approximate surface area is 205 Å². The third-order valence-corrected chi connectivity index (χ3v) is 5.29. The first-order valence-corrected chi connectivity index (χ1v) is 10.8. The summed E-state index contributed by atoms with van der Waals surface area (Å²) in [7, 11) is 0. The average Bonchev–Trinajstić information content (AvgIpc) is 2.85. The van der Waals surface area contributed by atoms with Gasteiger partial charge in [0.15, 0.2) is 0 Å². The van der Waals surface area contributed by atoms with Crippen LogP contribution in [0.15, 0.2) is 89.9 Å². The molecule has 4 aromatic rings. The summed E-state index contributed by atoms with van der Waals surface area (Å²) in [5.41, 5.74) is 2.23. The van der Waals surface area contributed by atoms with Crippen LogP contribution >= 0.6 is 0 Å². The van der Waals surface area contributed by atoms with E-state index in [2.05, 4.69) is 15.6 Å². The molecule has 0 fully saturated rings. The maximum absolute atomic E-state index is 11.8. The summed E-state index contributed by atoms with van der Waals surface area (Å²) >= 11 is 0. The molecule has 4 aromatic carbocycles. The summed E-state index contributed by atoms with van der Waals surface area (Å²) in [5, 5.41) is 39.4. The number of nitrogens with one attached hydrogen (secondary N) is 2. The third-order valence-electron chi connectivity index (χ3n) is 5.29. The van der Waals surface area contributed by atoms with Crippen molar-refractivity contribution in [1.29, 1.82) is 0 Å². The minimum atomic E-state index is -0.682. The average molecular weight is 483 g/mol. The Bertz CT molecular complexity index is 1470. The van der Waals surface area contributed by atoms with Gasteiger partial charge in [0.2, 0.25) is 0 Å². The van der Waals surface area contributed by atoms with Crippen molar-refractivity contribution < 1.29 is 15.0 Å². The van der Waals surface area contributed by atoms with Crippen LogP contribution in [0.1, 0.15) is 11.1 Å². The van der Waals surface area contributed by atoms with E-state index >= 15 is 0 Å². The van der Waals surface area contributed by atoms with Gasteiger partial charge >= 0.3 is 0 Å². The summed E-state index contributed by atoms with van der Waals surface area (Å²) in [6.07, 6.45) is 1.48. The number of hydrogen-bond acceptors (Lipinski definition) is 8. The first kappa shape index (κ1) is 23.9. The van der Waals surface area contributed by atoms with Gasteiger partial charge in [0.25, 0.3) is 11.4 Å². The maximum Gasteiger partial charge on any atom is 0.299 e. The number of para-hydroxylation sites is 3. The molecule has 0 heterocycles. The number of rotatable bonds is 8. The molecule has 0 aliphatic heterocycles. The molecule has 10 nitrogen and oxygen atoms in total. The molecule has 0 amide bonds. The lowest BCUT2D eigenvalue weighted by Crippen LogP contribution is -2.03.